The minimum atomic E-state index is -1.34. The van der Waals surface area contributed by atoms with Crippen molar-refractivity contribution in [1.29, 1.82) is 0 Å². The fraction of sp³-hybridized carbons (Fsp3) is 0.688. The molecule has 2 heterocycles. The van der Waals surface area contributed by atoms with Crippen molar-refractivity contribution in [2.45, 2.75) is 39.4 Å². The van der Waals surface area contributed by atoms with Gasteiger partial charge in [-0.25, -0.2) is 0 Å². The van der Waals surface area contributed by atoms with E-state index in [9.17, 15) is 19.5 Å². The molecule has 0 saturated carbocycles. The van der Waals surface area contributed by atoms with Crippen molar-refractivity contribution < 1.29 is 33.7 Å². The molecule has 0 radical (unpaired) electrons. The molecule has 2 rings (SSSR count). The van der Waals surface area contributed by atoms with Crippen molar-refractivity contribution in [2.75, 3.05) is 13.2 Å². The summed E-state index contributed by atoms with van der Waals surface area (Å²) in [5.74, 6) is -3.19. The lowest BCUT2D eigenvalue weighted by atomic mass is 9.70. The van der Waals surface area contributed by atoms with Gasteiger partial charge in [-0.05, 0) is 13.3 Å². The molecule has 2 aliphatic rings. The lowest BCUT2D eigenvalue weighted by Gasteiger charge is -2.30. The first kappa shape index (κ1) is 17.5. The van der Waals surface area contributed by atoms with Crippen LogP contribution in [0.5, 0.6) is 0 Å². The Morgan fingerprint density at radius 2 is 1.91 bits per heavy atom. The summed E-state index contributed by atoms with van der Waals surface area (Å²) in [6.45, 7) is 4.97. The molecule has 1 saturated heterocycles. The molecule has 0 aromatic carbocycles. The zero-order valence-corrected chi connectivity index (χ0v) is 13.5. The molecule has 5 atom stereocenters. The Kier molecular flexibility index (Phi) is 5.09. The number of aliphatic carboxylic acids is 1. The maximum atomic E-state index is 12.3. The molecule has 0 amide bonds. The van der Waals surface area contributed by atoms with E-state index in [-0.39, 0.29) is 25.1 Å². The molecule has 7 heteroatoms. The molecule has 1 fully saturated rings. The SMILES string of the molecule is CCC(C)C(=O)OCCOC(=O)C1C2C=CC(O2)C1(C)C(=O)O. The highest BCUT2D eigenvalue weighted by Gasteiger charge is 2.62. The Balaban J connectivity index is 1.87. The second kappa shape index (κ2) is 6.70. The van der Waals surface area contributed by atoms with Gasteiger partial charge in [-0.15, -0.1) is 0 Å². The van der Waals surface area contributed by atoms with Crippen LogP contribution in [0.2, 0.25) is 0 Å². The van der Waals surface area contributed by atoms with Crippen molar-refractivity contribution in [3.05, 3.63) is 12.2 Å². The first-order chi connectivity index (χ1) is 10.8. The maximum absolute atomic E-state index is 12.3. The number of hydrogen-bond donors (Lipinski definition) is 1. The molecule has 0 aromatic heterocycles. The van der Waals surface area contributed by atoms with Gasteiger partial charge in [-0.3, -0.25) is 14.4 Å². The topological polar surface area (TPSA) is 99.1 Å². The van der Waals surface area contributed by atoms with Gasteiger partial charge in [-0.2, -0.15) is 0 Å². The van der Waals surface area contributed by atoms with Crippen LogP contribution in [0, 0.1) is 17.3 Å². The fourth-order valence-corrected chi connectivity index (χ4v) is 2.84. The lowest BCUT2D eigenvalue weighted by molar-refractivity contribution is -0.165. The van der Waals surface area contributed by atoms with E-state index in [0.717, 1.165) is 0 Å². The van der Waals surface area contributed by atoms with Gasteiger partial charge in [-0.1, -0.05) is 26.0 Å². The van der Waals surface area contributed by atoms with E-state index < -0.39 is 35.5 Å². The predicted octanol–water partition coefficient (Wildman–Crippen LogP) is 1.16. The van der Waals surface area contributed by atoms with Crippen LogP contribution in [0.15, 0.2) is 12.2 Å². The van der Waals surface area contributed by atoms with Gasteiger partial charge in [0.05, 0.1) is 18.1 Å². The van der Waals surface area contributed by atoms with Gasteiger partial charge >= 0.3 is 17.9 Å². The average molecular weight is 326 g/mol. The van der Waals surface area contributed by atoms with Gasteiger partial charge in [0, 0.05) is 0 Å². The molecule has 5 unspecified atom stereocenters. The average Bonchev–Trinajstić information content (AvgIpc) is 3.10. The van der Waals surface area contributed by atoms with Gasteiger partial charge in [0.15, 0.2) is 0 Å². The number of carbonyl (C=O) groups is 3. The molecule has 2 bridgehead atoms. The number of rotatable bonds is 7. The summed E-state index contributed by atoms with van der Waals surface area (Å²) in [7, 11) is 0. The summed E-state index contributed by atoms with van der Waals surface area (Å²) in [5, 5.41) is 9.46. The van der Waals surface area contributed by atoms with Crippen LogP contribution in [0.1, 0.15) is 27.2 Å². The number of esters is 2. The van der Waals surface area contributed by atoms with E-state index >= 15 is 0 Å². The maximum Gasteiger partial charge on any atom is 0.313 e. The minimum absolute atomic E-state index is 0.0454. The smallest absolute Gasteiger partial charge is 0.313 e. The van der Waals surface area contributed by atoms with E-state index in [0.29, 0.717) is 6.42 Å². The summed E-state index contributed by atoms with van der Waals surface area (Å²) < 4.78 is 15.6. The Morgan fingerprint density at radius 3 is 2.52 bits per heavy atom. The predicted molar refractivity (Wildman–Crippen MR) is 78.4 cm³/mol. The quantitative estimate of drug-likeness (QED) is 0.426. The molecule has 128 valence electrons. The molecule has 0 aromatic rings. The number of carbonyl (C=O) groups excluding carboxylic acids is 2. The third-order valence-corrected chi connectivity index (χ3v) is 4.65. The van der Waals surface area contributed by atoms with Crippen LogP contribution < -0.4 is 0 Å². The standard InChI is InChI=1S/C16H22O7/c1-4-9(2)13(17)21-7-8-22-14(18)12-10-5-6-11(23-10)16(12,3)15(19)20/h5-6,9-12H,4,7-8H2,1-3H3,(H,19,20). The largest absolute Gasteiger partial charge is 0.481 e. The van der Waals surface area contributed by atoms with E-state index in [2.05, 4.69) is 0 Å². The highest BCUT2D eigenvalue weighted by molar-refractivity contribution is 5.87. The highest BCUT2D eigenvalue weighted by Crippen LogP contribution is 2.49. The number of ether oxygens (including phenoxy) is 3. The Labute approximate surface area is 134 Å². The van der Waals surface area contributed by atoms with Crippen molar-refractivity contribution in [3.8, 4) is 0 Å². The second-order valence-corrected chi connectivity index (χ2v) is 6.12. The number of hydrogen-bond acceptors (Lipinski definition) is 6. The lowest BCUT2D eigenvalue weighted by Crippen LogP contribution is -2.47. The van der Waals surface area contributed by atoms with E-state index in [1.165, 1.54) is 6.92 Å². The van der Waals surface area contributed by atoms with E-state index in [1.54, 1.807) is 19.1 Å². The first-order valence-corrected chi connectivity index (χ1v) is 7.72. The monoisotopic (exact) mass is 326 g/mol. The van der Waals surface area contributed by atoms with Gasteiger partial charge in [0.2, 0.25) is 0 Å². The zero-order chi connectivity index (χ0) is 17.2. The van der Waals surface area contributed by atoms with E-state index in [4.69, 9.17) is 14.2 Å². The molecule has 23 heavy (non-hydrogen) atoms. The van der Waals surface area contributed by atoms with Crippen molar-refractivity contribution in [2.24, 2.45) is 17.3 Å². The summed E-state index contributed by atoms with van der Waals surface area (Å²) >= 11 is 0. The number of carboxylic acid groups (broad SMARTS) is 1. The minimum Gasteiger partial charge on any atom is -0.481 e. The van der Waals surface area contributed by atoms with Gasteiger partial charge < -0.3 is 19.3 Å². The summed E-state index contributed by atoms with van der Waals surface area (Å²) in [6, 6.07) is 0. The molecular weight excluding hydrogens is 304 g/mol. The molecule has 2 aliphatic heterocycles. The van der Waals surface area contributed by atoms with Crippen molar-refractivity contribution in [1.82, 2.24) is 0 Å². The Hall–Kier alpha value is -1.89. The molecule has 0 spiro atoms. The second-order valence-electron chi connectivity index (χ2n) is 6.12. The third kappa shape index (κ3) is 3.10. The van der Waals surface area contributed by atoms with Crippen LogP contribution in [0.4, 0.5) is 0 Å². The highest BCUT2D eigenvalue weighted by atomic mass is 16.6. The molecule has 1 N–H and O–H groups in total. The molecular formula is C16H22O7. The Bertz CT molecular complexity index is 527. The molecule has 7 nitrogen and oxygen atoms in total. The van der Waals surface area contributed by atoms with Gasteiger partial charge in [0.25, 0.3) is 0 Å². The van der Waals surface area contributed by atoms with Crippen LogP contribution in [-0.2, 0) is 28.6 Å². The first-order valence-electron chi connectivity index (χ1n) is 7.72. The van der Waals surface area contributed by atoms with Crippen LogP contribution in [0.3, 0.4) is 0 Å². The third-order valence-electron chi connectivity index (χ3n) is 4.65. The summed E-state index contributed by atoms with van der Waals surface area (Å²) in [5.41, 5.74) is -1.34. The summed E-state index contributed by atoms with van der Waals surface area (Å²) in [6.07, 6.45) is 2.80. The van der Waals surface area contributed by atoms with Crippen molar-refractivity contribution >= 4 is 17.9 Å². The Morgan fingerprint density at radius 1 is 1.26 bits per heavy atom. The van der Waals surface area contributed by atoms with Crippen LogP contribution in [0.25, 0.3) is 0 Å². The van der Waals surface area contributed by atoms with E-state index in [1.807, 2.05) is 6.92 Å². The van der Waals surface area contributed by atoms with Crippen LogP contribution >= 0.6 is 0 Å². The number of carboxylic acids is 1. The normalized spacial score (nSPS) is 32.6. The molecule has 0 aliphatic carbocycles. The van der Waals surface area contributed by atoms with Crippen molar-refractivity contribution in [3.63, 3.8) is 0 Å². The fourth-order valence-electron chi connectivity index (χ4n) is 2.84. The zero-order valence-electron chi connectivity index (χ0n) is 13.5. The van der Waals surface area contributed by atoms with Gasteiger partial charge in [0.1, 0.15) is 24.5 Å². The summed E-state index contributed by atoms with van der Waals surface area (Å²) in [4.78, 5) is 35.3. The van der Waals surface area contributed by atoms with Crippen LogP contribution in [-0.4, -0.2) is 48.4 Å². The number of fused-ring (bicyclic) bond motifs is 2.